The smallest absolute Gasteiger partial charge is 0.126 e. The van der Waals surface area contributed by atoms with E-state index in [0.717, 1.165) is 5.56 Å². The summed E-state index contributed by atoms with van der Waals surface area (Å²) in [6.45, 7) is 9.15. The summed E-state index contributed by atoms with van der Waals surface area (Å²) in [4.78, 5) is 0. The van der Waals surface area contributed by atoms with Crippen molar-refractivity contribution in [2.24, 2.45) is 0 Å². The first-order valence-electron chi connectivity index (χ1n) is 5.36. The zero-order valence-electron chi connectivity index (χ0n) is 10.3. The molecule has 0 saturated heterocycles. The van der Waals surface area contributed by atoms with Gasteiger partial charge < -0.3 is 5.11 Å². The first-order valence-corrected chi connectivity index (χ1v) is 5.36. The highest BCUT2D eigenvalue weighted by Gasteiger charge is 2.13. The van der Waals surface area contributed by atoms with Crippen molar-refractivity contribution in [2.75, 3.05) is 0 Å². The molecule has 0 bridgehead atoms. The van der Waals surface area contributed by atoms with E-state index < -0.39 is 5.60 Å². The molecule has 0 unspecified atom stereocenters. The minimum atomic E-state index is -0.776. The molecule has 1 aromatic rings. The fourth-order valence-corrected chi connectivity index (χ4v) is 1.25. The summed E-state index contributed by atoms with van der Waals surface area (Å²) < 4.78 is 13.1. The van der Waals surface area contributed by atoms with Crippen molar-refractivity contribution in [1.29, 1.82) is 0 Å². The summed E-state index contributed by atoms with van der Waals surface area (Å²) in [5.74, 6) is -0.207. The second-order valence-electron chi connectivity index (χ2n) is 4.07. The monoisotopic (exact) mass is 212 g/mol. The number of aliphatic hydroxyl groups is 1. The molecule has 0 saturated carbocycles. The summed E-state index contributed by atoms with van der Waals surface area (Å²) in [6.07, 6.45) is 0.476. The fraction of sp³-hybridized carbons (Fsp3) is 0.538. The van der Waals surface area contributed by atoms with Crippen molar-refractivity contribution >= 4 is 0 Å². The molecule has 0 aliphatic carbocycles. The highest BCUT2D eigenvalue weighted by molar-refractivity contribution is 5.24. The molecule has 0 atom stereocenters. The Labute approximate surface area is 92.0 Å². The molecule has 0 aliphatic heterocycles. The van der Waals surface area contributed by atoms with E-state index in [-0.39, 0.29) is 5.82 Å². The Balaban J connectivity index is 0.000000921. The van der Waals surface area contributed by atoms with Crippen molar-refractivity contribution in [3.05, 3.63) is 35.1 Å². The van der Waals surface area contributed by atoms with Gasteiger partial charge in [-0.3, -0.25) is 0 Å². The lowest BCUT2D eigenvalue weighted by atomic mass is 9.98. The molecule has 0 aromatic heterocycles. The molecule has 0 spiro atoms. The van der Waals surface area contributed by atoms with Crippen molar-refractivity contribution in [3.8, 4) is 0 Å². The summed E-state index contributed by atoms with van der Waals surface area (Å²) in [5.41, 5.74) is 0.692. The van der Waals surface area contributed by atoms with Crippen LogP contribution in [0.1, 0.15) is 38.8 Å². The van der Waals surface area contributed by atoms with Crippen LogP contribution in [0.5, 0.6) is 0 Å². The van der Waals surface area contributed by atoms with E-state index in [2.05, 4.69) is 0 Å². The Morgan fingerprint density at radius 3 is 2.20 bits per heavy atom. The normalized spacial score (nSPS) is 10.6. The van der Waals surface area contributed by atoms with Gasteiger partial charge in [0.1, 0.15) is 5.82 Å². The summed E-state index contributed by atoms with van der Waals surface area (Å²) in [5, 5.41) is 9.51. The second-order valence-corrected chi connectivity index (χ2v) is 4.07. The van der Waals surface area contributed by atoms with Crippen molar-refractivity contribution in [3.63, 3.8) is 0 Å². The van der Waals surface area contributed by atoms with Crippen LogP contribution in [-0.2, 0) is 6.42 Å². The molecule has 0 aliphatic rings. The lowest BCUT2D eigenvalue weighted by Crippen LogP contribution is -2.21. The van der Waals surface area contributed by atoms with Crippen LogP contribution in [-0.4, -0.2) is 10.7 Å². The van der Waals surface area contributed by atoms with Crippen molar-refractivity contribution in [2.45, 2.75) is 46.6 Å². The van der Waals surface area contributed by atoms with E-state index in [4.69, 9.17) is 0 Å². The molecule has 86 valence electrons. The second kappa shape index (κ2) is 5.86. The van der Waals surface area contributed by atoms with Gasteiger partial charge in [-0.2, -0.15) is 0 Å². The van der Waals surface area contributed by atoms with Gasteiger partial charge >= 0.3 is 0 Å². The van der Waals surface area contributed by atoms with Gasteiger partial charge in [0.05, 0.1) is 5.60 Å². The maximum Gasteiger partial charge on any atom is 0.126 e. The maximum absolute atomic E-state index is 13.1. The van der Waals surface area contributed by atoms with Gasteiger partial charge in [-0.1, -0.05) is 26.0 Å². The quantitative estimate of drug-likeness (QED) is 0.795. The van der Waals surface area contributed by atoms with Gasteiger partial charge in [0, 0.05) is 6.42 Å². The van der Waals surface area contributed by atoms with E-state index in [9.17, 15) is 9.50 Å². The Hall–Kier alpha value is -0.890. The van der Waals surface area contributed by atoms with E-state index in [0.29, 0.717) is 12.0 Å². The van der Waals surface area contributed by atoms with E-state index >= 15 is 0 Å². The molecule has 0 fully saturated rings. The Kier molecular flexibility index (Phi) is 5.51. The minimum Gasteiger partial charge on any atom is -0.390 e. The molecular formula is C13H21FO. The largest absolute Gasteiger partial charge is 0.390 e. The molecule has 1 aromatic carbocycles. The summed E-state index contributed by atoms with van der Waals surface area (Å²) >= 11 is 0. The zero-order chi connectivity index (χ0) is 12.1. The van der Waals surface area contributed by atoms with Crippen LogP contribution in [0.4, 0.5) is 4.39 Å². The first-order chi connectivity index (χ1) is 6.88. The van der Waals surface area contributed by atoms with Crippen LogP contribution in [0.2, 0.25) is 0 Å². The predicted octanol–water partition coefficient (Wildman–Crippen LogP) is 3.47. The van der Waals surface area contributed by atoms with Gasteiger partial charge in [-0.25, -0.2) is 4.39 Å². The lowest BCUT2D eigenvalue weighted by Gasteiger charge is -2.17. The highest BCUT2D eigenvalue weighted by Crippen LogP contribution is 2.15. The van der Waals surface area contributed by atoms with Gasteiger partial charge in [0.15, 0.2) is 0 Å². The standard InChI is InChI=1S/C11H15FO.C2H6/c1-8-4-5-9(6-10(8)12)7-11(2,3)13;1-2/h4-6,13H,7H2,1-3H3;1-2H3. The van der Waals surface area contributed by atoms with E-state index in [1.807, 2.05) is 19.9 Å². The number of halogens is 1. The maximum atomic E-state index is 13.1. The van der Waals surface area contributed by atoms with Crippen LogP contribution in [0.25, 0.3) is 0 Å². The number of aryl methyl sites for hydroxylation is 1. The van der Waals surface area contributed by atoms with Crippen LogP contribution in [0, 0.1) is 12.7 Å². The first kappa shape index (κ1) is 14.1. The average Bonchev–Trinajstić information content (AvgIpc) is 2.12. The molecule has 2 heteroatoms. The van der Waals surface area contributed by atoms with Gasteiger partial charge in [0.2, 0.25) is 0 Å². The zero-order valence-corrected chi connectivity index (χ0v) is 10.3. The topological polar surface area (TPSA) is 20.2 Å². The van der Waals surface area contributed by atoms with Crippen molar-refractivity contribution < 1.29 is 9.50 Å². The average molecular weight is 212 g/mol. The van der Waals surface area contributed by atoms with Crippen LogP contribution >= 0.6 is 0 Å². The molecule has 0 radical (unpaired) electrons. The molecule has 0 amide bonds. The Bertz CT molecular complexity index is 300. The molecule has 15 heavy (non-hydrogen) atoms. The van der Waals surface area contributed by atoms with E-state index in [1.54, 1.807) is 26.8 Å². The van der Waals surface area contributed by atoms with Crippen LogP contribution in [0.15, 0.2) is 18.2 Å². The highest BCUT2D eigenvalue weighted by atomic mass is 19.1. The van der Waals surface area contributed by atoms with Gasteiger partial charge in [-0.05, 0) is 38.0 Å². The number of rotatable bonds is 2. The number of hydrogen-bond donors (Lipinski definition) is 1. The third-order valence-corrected chi connectivity index (χ3v) is 1.87. The number of hydrogen-bond acceptors (Lipinski definition) is 1. The molecule has 1 rings (SSSR count). The Morgan fingerprint density at radius 1 is 1.27 bits per heavy atom. The molecular weight excluding hydrogens is 191 g/mol. The van der Waals surface area contributed by atoms with Gasteiger partial charge in [-0.15, -0.1) is 0 Å². The van der Waals surface area contributed by atoms with Crippen LogP contribution in [0.3, 0.4) is 0 Å². The van der Waals surface area contributed by atoms with Crippen LogP contribution < -0.4 is 0 Å². The number of benzene rings is 1. The molecule has 0 heterocycles. The lowest BCUT2D eigenvalue weighted by molar-refractivity contribution is 0.0809. The van der Waals surface area contributed by atoms with E-state index in [1.165, 1.54) is 6.07 Å². The SMILES string of the molecule is CC.Cc1ccc(CC(C)(C)O)cc1F. The molecule has 1 N–H and O–H groups in total. The molecule has 1 nitrogen and oxygen atoms in total. The van der Waals surface area contributed by atoms with Crippen molar-refractivity contribution in [1.82, 2.24) is 0 Å². The third kappa shape index (κ3) is 5.53. The predicted molar refractivity (Wildman–Crippen MR) is 62.5 cm³/mol. The summed E-state index contributed by atoms with van der Waals surface area (Å²) in [6, 6.07) is 5.06. The third-order valence-electron chi connectivity index (χ3n) is 1.87. The summed E-state index contributed by atoms with van der Waals surface area (Å²) in [7, 11) is 0. The Morgan fingerprint density at radius 2 is 1.80 bits per heavy atom. The van der Waals surface area contributed by atoms with Gasteiger partial charge in [0.25, 0.3) is 0 Å². The fourth-order valence-electron chi connectivity index (χ4n) is 1.25. The minimum absolute atomic E-state index is 0.207.